The summed E-state index contributed by atoms with van der Waals surface area (Å²) < 4.78 is 0. The number of amidine groups is 1. The van der Waals surface area contributed by atoms with Crippen molar-refractivity contribution in [1.82, 2.24) is 4.98 Å². The molecule has 18 heavy (non-hydrogen) atoms. The molecule has 1 atom stereocenters. The van der Waals surface area contributed by atoms with Crippen LogP contribution in [0.2, 0.25) is 0 Å². The molecule has 0 bridgehead atoms. The van der Waals surface area contributed by atoms with Gasteiger partial charge in [-0.15, -0.1) is 0 Å². The molecule has 1 aliphatic heterocycles. The Hall–Kier alpha value is -1.62. The maximum atomic E-state index is 9.03. The highest BCUT2D eigenvalue weighted by Crippen LogP contribution is 2.25. The van der Waals surface area contributed by atoms with Crippen molar-refractivity contribution in [2.24, 2.45) is 11.7 Å². The number of hydrogen-bond acceptors (Lipinski definition) is 4. The number of nitrogens with zero attached hydrogens (tertiary/aromatic N) is 2. The van der Waals surface area contributed by atoms with Gasteiger partial charge in [0.2, 0.25) is 0 Å². The van der Waals surface area contributed by atoms with Crippen LogP contribution in [0.5, 0.6) is 0 Å². The van der Waals surface area contributed by atoms with Crippen LogP contribution in [0.25, 0.3) is 0 Å². The average molecular weight is 248 g/mol. The minimum atomic E-state index is 0.0578. The van der Waals surface area contributed by atoms with E-state index in [2.05, 4.69) is 9.88 Å². The Bertz CT molecular complexity index is 419. The third kappa shape index (κ3) is 2.79. The SMILES string of the molecule is N=C(N)c1cccnc1N1CCCC(CCO)C1. The molecule has 1 aromatic heterocycles. The average Bonchev–Trinajstić information content (AvgIpc) is 2.39. The standard InChI is InChI=1S/C13H20N4O/c14-12(15)11-4-1-6-16-13(11)17-7-2-3-10(9-17)5-8-18/h1,4,6,10,18H,2-3,5,7-9H2,(H3,14,15). The van der Waals surface area contributed by atoms with Crippen LogP contribution in [-0.4, -0.2) is 35.6 Å². The molecule has 2 heterocycles. The summed E-state index contributed by atoms with van der Waals surface area (Å²) in [5.74, 6) is 1.36. The van der Waals surface area contributed by atoms with Crippen LogP contribution in [0, 0.1) is 11.3 Å². The molecule has 0 amide bonds. The van der Waals surface area contributed by atoms with Crippen LogP contribution in [0.4, 0.5) is 5.82 Å². The van der Waals surface area contributed by atoms with Gasteiger partial charge in [-0.2, -0.15) is 0 Å². The number of aromatic nitrogens is 1. The van der Waals surface area contributed by atoms with E-state index in [1.807, 2.05) is 6.07 Å². The lowest BCUT2D eigenvalue weighted by Crippen LogP contribution is -2.37. The zero-order chi connectivity index (χ0) is 13.0. The summed E-state index contributed by atoms with van der Waals surface area (Å²) >= 11 is 0. The third-order valence-electron chi connectivity index (χ3n) is 3.43. The van der Waals surface area contributed by atoms with Gasteiger partial charge in [-0.1, -0.05) is 0 Å². The summed E-state index contributed by atoms with van der Waals surface area (Å²) in [5, 5.41) is 16.6. The number of nitrogens with two attached hydrogens (primary N) is 1. The van der Waals surface area contributed by atoms with Crippen molar-refractivity contribution >= 4 is 11.7 Å². The van der Waals surface area contributed by atoms with Gasteiger partial charge in [0.25, 0.3) is 0 Å². The molecule has 0 aliphatic carbocycles. The number of rotatable bonds is 4. The molecule has 1 aromatic rings. The molecule has 1 unspecified atom stereocenters. The van der Waals surface area contributed by atoms with Crippen molar-refractivity contribution in [2.75, 3.05) is 24.6 Å². The van der Waals surface area contributed by atoms with E-state index in [1.165, 1.54) is 0 Å². The first kappa shape index (κ1) is 12.8. The Morgan fingerprint density at radius 1 is 1.61 bits per heavy atom. The molecule has 2 rings (SSSR count). The van der Waals surface area contributed by atoms with Crippen molar-refractivity contribution in [2.45, 2.75) is 19.3 Å². The van der Waals surface area contributed by atoms with Crippen LogP contribution < -0.4 is 10.6 Å². The van der Waals surface area contributed by atoms with Crippen LogP contribution in [0.3, 0.4) is 0 Å². The van der Waals surface area contributed by atoms with Crippen LogP contribution in [-0.2, 0) is 0 Å². The molecule has 5 heteroatoms. The number of nitrogen functional groups attached to an aromatic ring is 1. The van der Waals surface area contributed by atoms with E-state index in [0.717, 1.165) is 38.2 Å². The highest BCUT2D eigenvalue weighted by atomic mass is 16.3. The van der Waals surface area contributed by atoms with Crippen molar-refractivity contribution in [3.05, 3.63) is 23.9 Å². The molecular weight excluding hydrogens is 228 g/mol. The largest absolute Gasteiger partial charge is 0.396 e. The predicted molar refractivity (Wildman–Crippen MR) is 71.9 cm³/mol. The van der Waals surface area contributed by atoms with E-state index in [-0.39, 0.29) is 12.4 Å². The predicted octanol–water partition coefficient (Wildman–Crippen LogP) is 0.964. The van der Waals surface area contributed by atoms with Crippen LogP contribution in [0.1, 0.15) is 24.8 Å². The van der Waals surface area contributed by atoms with Gasteiger partial charge in [0, 0.05) is 25.9 Å². The molecule has 1 saturated heterocycles. The highest BCUT2D eigenvalue weighted by molar-refractivity contribution is 5.99. The van der Waals surface area contributed by atoms with E-state index in [1.54, 1.807) is 12.3 Å². The molecule has 4 N–H and O–H groups in total. The first-order valence-electron chi connectivity index (χ1n) is 6.37. The molecule has 1 aliphatic rings. The number of hydrogen-bond donors (Lipinski definition) is 3. The molecule has 0 aromatic carbocycles. The summed E-state index contributed by atoms with van der Waals surface area (Å²) in [7, 11) is 0. The lowest BCUT2D eigenvalue weighted by Gasteiger charge is -2.34. The van der Waals surface area contributed by atoms with E-state index in [9.17, 15) is 0 Å². The summed E-state index contributed by atoms with van der Waals surface area (Å²) in [4.78, 5) is 6.54. The van der Waals surface area contributed by atoms with E-state index >= 15 is 0 Å². The number of nitrogens with one attached hydrogen (secondary N) is 1. The molecule has 5 nitrogen and oxygen atoms in total. The maximum absolute atomic E-state index is 9.03. The Morgan fingerprint density at radius 2 is 2.44 bits per heavy atom. The van der Waals surface area contributed by atoms with Crippen molar-refractivity contribution in [1.29, 1.82) is 5.41 Å². The second-order valence-corrected chi connectivity index (χ2v) is 4.75. The van der Waals surface area contributed by atoms with E-state index in [4.69, 9.17) is 16.2 Å². The zero-order valence-corrected chi connectivity index (χ0v) is 10.5. The van der Waals surface area contributed by atoms with Gasteiger partial charge in [0.05, 0.1) is 5.56 Å². The minimum Gasteiger partial charge on any atom is -0.396 e. The lowest BCUT2D eigenvalue weighted by atomic mass is 9.95. The number of anilines is 1. The van der Waals surface area contributed by atoms with Gasteiger partial charge >= 0.3 is 0 Å². The second-order valence-electron chi connectivity index (χ2n) is 4.75. The second kappa shape index (κ2) is 5.82. The van der Waals surface area contributed by atoms with Crippen LogP contribution >= 0.6 is 0 Å². The van der Waals surface area contributed by atoms with Crippen molar-refractivity contribution in [3.63, 3.8) is 0 Å². The Kier molecular flexibility index (Phi) is 4.15. The molecule has 0 radical (unpaired) electrons. The lowest BCUT2D eigenvalue weighted by molar-refractivity contribution is 0.244. The Morgan fingerprint density at radius 3 is 3.17 bits per heavy atom. The topological polar surface area (TPSA) is 86.2 Å². The third-order valence-corrected chi connectivity index (χ3v) is 3.43. The number of aliphatic hydroxyl groups excluding tert-OH is 1. The Balaban J connectivity index is 2.18. The monoisotopic (exact) mass is 248 g/mol. The van der Waals surface area contributed by atoms with E-state index in [0.29, 0.717) is 11.5 Å². The minimum absolute atomic E-state index is 0.0578. The van der Waals surface area contributed by atoms with Gasteiger partial charge in [-0.3, -0.25) is 5.41 Å². The van der Waals surface area contributed by atoms with E-state index < -0.39 is 0 Å². The van der Waals surface area contributed by atoms with Gasteiger partial charge in [-0.25, -0.2) is 4.98 Å². The fourth-order valence-electron chi connectivity index (χ4n) is 2.53. The van der Waals surface area contributed by atoms with Gasteiger partial charge in [0.1, 0.15) is 11.7 Å². The molecule has 1 fully saturated rings. The first-order valence-corrected chi connectivity index (χ1v) is 6.37. The normalized spacial score (nSPS) is 19.8. The van der Waals surface area contributed by atoms with Crippen molar-refractivity contribution in [3.8, 4) is 0 Å². The number of pyridine rings is 1. The Labute approximate surface area is 107 Å². The molecule has 98 valence electrons. The maximum Gasteiger partial charge on any atom is 0.139 e. The molecule has 0 saturated carbocycles. The number of aliphatic hydroxyl groups is 1. The number of piperidine rings is 1. The quantitative estimate of drug-likeness (QED) is 0.547. The highest BCUT2D eigenvalue weighted by Gasteiger charge is 2.22. The van der Waals surface area contributed by atoms with Crippen molar-refractivity contribution < 1.29 is 5.11 Å². The molecule has 0 spiro atoms. The van der Waals surface area contributed by atoms with Gasteiger partial charge in [-0.05, 0) is 37.3 Å². The smallest absolute Gasteiger partial charge is 0.139 e. The summed E-state index contributed by atoms with van der Waals surface area (Å²) in [6.45, 7) is 2.07. The molecular formula is C13H20N4O. The summed E-state index contributed by atoms with van der Waals surface area (Å²) in [5.41, 5.74) is 6.29. The fraction of sp³-hybridized carbons (Fsp3) is 0.538. The van der Waals surface area contributed by atoms with Gasteiger partial charge < -0.3 is 15.7 Å². The summed E-state index contributed by atoms with van der Waals surface area (Å²) in [6.07, 6.45) is 4.81. The summed E-state index contributed by atoms with van der Waals surface area (Å²) in [6, 6.07) is 3.63. The fourth-order valence-corrected chi connectivity index (χ4v) is 2.53. The van der Waals surface area contributed by atoms with Gasteiger partial charge in [0.15, 0.2) is 0 Å². The zero-order valence-electron chi connectivity index (χ0n) is 10.5. The van der Waals surface area contributed by atoms with Crippen LogP contribution in [0.15, 0.2) is 18.3 Å². The first-order chi connectivity index (χ1) is 8.72.